The van der Waals surface area contributed by atoms with E-state index in [1.54, 1.807) is 10.6 Å². The highest BCUT2D eigenvalue weighted by Gasteiger charge is 2.09. The zero-order valence-electron chi connectivity index (χ0n) is 9.70. The van der Waals surface area contributed by atoms with Crippen LogP contribution in [-0.4, -0.2) is 25.3 Å². The summed E-state index contributed by atoms with van der Waals surface area (Å²) >= 11 is 7.16. The minimum absolute atomic E-state index is 0.262. The summed E-state index contributed by atoms with van der Waals surface area (Å²) in [5.74, 6) is 0.898. The molecular weight excluding hydrogens is 386 g/mol. The highest BCUT2D eigenvalue weighted by Crippen LogP contribution is 2.20. The molecule has 1 unspecified atom stereocenters. The van der Waals surface area contributed by atoms with Crippen molar-refractivity contribution in [1.82, 2.24) is 9.55 Å². The number of aromatic nitrogens is 2. The summed E-state index contributed by atoms with van der Waals surface area (Å²) in [5, 5.41) is 0. The Labute approximate surface area is 125 Å². The van der Waals surface area contributed by atoms with Gasteiger partial charge in [-0.1, -0.05) is 6.92 Å². The van der Waals surface area contributed by atoms with E-state index in [9.17, 15) is 8.60 Å². The highest BCUT2D eigenvalue weighted by molar-refractivity contribution is 14.1. The van der Waals surface area contributed by atoms with Crippen molar-refractivity contribution in [3.63, 3.8) is 0 Å². The van der Waals surface area contributed by atoms with Crippen LogP contribution in [0.5, 0.6) is 0 Å². The maximum atomic E-state index is 13.6. The van der Waals surface area contributed by atoms with Crippen LogP contribution in [0.15, 0.2) is 12.1 Å². The topological polar surface area (TPSA) is 37.8 Å². The fraction of sp³-hybridized carbons (Fsp3) is 0.364. The number of hydrogen-bond acceptors (Lipinski definition) is 2. The number of nitrogens with one attached hydrogen (secondary N) is 1. The molecule has 0 amide bonds. The standard InChI is InChI=1S/C11H12FIN2OS2/c1-2-18(16)4-3-15-10-5-7(12)8(13)6-9(10)14-11(15)17/h5-6H,2-4H2,1H3,(H,14,17). The number of H-pyrrole nitrogens is 1. The van der Waals surface area contributed by atoms with E-state index in [0.29, 0.717) is 26.4 Å². The number of benzene rings is 1. The third kappa shape index (κ3) is 2.83. The van der Waals surface area contributed by atoms with E-state index in [2.05, 4.69) is 4.98 Å². The van der Waals surface area contributed by atoms with E-state index in [1.165, 1.54) is 6.07 Å². The van der Waals surface area contributed by atoms with Gasteiger partial charge in [-0.15, -0.1) is 0 Å². The van der Waals surface area contributed by atoms with Gasteiger partial charge in [-0.25, -0.2) is 4.39 Å². The summed E-state index contributed by atoms with van der Waals surface area (Å²) in [6, 6.07) is 3.20. The lowest BCUT2D eigenvalue weighted by atomic mass is 10.3. The van der Waals surface area contributed by atoms with Gasteiger partial charge in [0.2, 0.25) is 0 Å². The van der Waals surface area contributed by atoms with Crippen LogP contribution >= 0.6 is 34.8 Å². The lowest BCUT2D eigenvalue weighted by Gasteiger charge is -2.04. The Hall–Kier alpha value is -0.280. The van der Waals surface area contributed by atoms with Crippen LogP contribution in [0.3, 0.4) is 0 Å². The van der Waals surface area contributed by atoms with Crippen molar-refractivity contribution in [3.05, 3.63) is 26.3 Å². The predicted octanol–water partition coefficient (Wildman–Crippen LogP) is 3.21. The van der Waals surface area contributed by atoms with Crippen molar-refractivity contribution >= 4 is 56.6 Å². The van der Waals surface area contributed by atoms with Crippen molar-refractivity contribution in [2.45, 2.75) is 13.5 Å². The second-order valence-corrected chi connectivity index (χ2v) is 7.21. The number of nitrogens with zero attached hydrogens (tertiary/aromatic N) is 1. The highest BCUT2D eigenvalue weighted by atomic mass is 127. The average Bonchev–Trinajstić information content (AvgIpc) is 2.62. The Morgan fingerprint density at radius 3 is 2.94 bits per heavy atom. The molecule has 0 spiro atoms. The molecule has 1 aromatic heterocycles. The van der Waals surface area contributed by atoms with Gasteiger partial charge in [0.05, 0.1) is 14.6 Å². The van der Waals surface area contributed by atoms with Crippen LogP contribution in [0.4, 0.5) is 4.39 Å². The second kappa shape index (κ2) is 5.79. The minimum atomic E-state index is -0.849. The zero-order valence-corrected chi connectivity index (χ0v) is 13.5. The van der Waals surface area contributed by atoms with Crippen molar-refractivity contribution in [2.24, 2.45) is 0 Å². The summed E-state index contributed by atoms with van der Waals surface area (Å²) in [4.78, 5) is 3.04. The van der Waals surface area contributed by atoms with Crippen molar-refractivity contribution in [1.29, 1.82) is 0 Å². The van der Waals surface area contributed by atoms with E-state index in [-0.39, 0.29) is 5.82 Å². The SMILES string of the molecule is CCS(=O)CCn1c(=S)[nH]c2cc(I)c(F)cc21. The van der Waals surface area contributed by atoms with E-state index in [0.717, 1.165) is 11.0 Å². The molecule has 0 saturated carbocycles. The summed E-state index contributed by atoms with van der Waals surface area (Å²) in [6.45, 7) is 2.42. The van der Waals surface area contributed by atoms with Crippen molar-refractivity contribution in [3.8, 4) is 0 Å². The van der Waals surface area contributed by atoms with Crippen LogP contribution in [0.2, 0.25) is 0 Å². The summed E-state index contributed by atoms with van der Waals surface area (Å²) in [7, 11) is -0.849. The first-order chi connectivity index (χ1) is 8.52. The number of fused-ring (bicyclic) bond motifs is 1. The molecule has 0 bridgehead atoms. The van der Waals surface area contributed by atoms with E-state index < -0.39 is 10.8 Å². The van der Waals surface area contributed by atoms with Gasteiger partial charge >= 0.3 is 0 Å². The van der Waals surface area contributed by atoms with Gasteiger partial charge in [0.1, 0.15) is 5.82 Å². The lowest BCUT2D eigenvalue weighted by molar-refractivity contribution is 0.620. The van der Waals surface area contributed by atoms with Gasteiger partial charge in [-0.3, -0.25) is 4.21 Å². The molecule has 0 aliphatic heterocycles. The number of hydrogen-bond donors (Lipinski definition) is 1. The molecule has 0 radical (unpaired) electrons. The van der Waals surface area contributed by atoms with Gasteiger partial charge in [0.25, 0.3) is 0 Å². The lowest BCUT2D eigenvalue weighted by Crippen LogP contribution is -2.09. The van der Waals surface area contributed by atoms with Crippen LogP contribution in [-0.2, 0) is 17.3 Å². The Morgan fingerprint density at radius 1 is 1.56 bits per heavy atom. The third-order valence-corrected chi connectivity index (χ3v) is 5.11. The van der Waals surface area contributed by atoms with Gasteiger partial charge < -0.3 is 9.55 Å². The Kier molecular flexibility index (Phi) is 4.54. The first kappa shape index (κ1) is 14.1. The Morgan fingerprint density at radius 2 is 2.28 bits per heavy atom. The Balaban J connectivity index is 2.44. The fourth-order valence-corrected chi connectivity index (χ4v) is 3.15. The van der Waals surface area contributed by atoms with Crippen LogP contribution in [0, 0.1) is 14.2 Å². The maximum absolute atomic E-state index is 13.6. The molecule has 98 valence electrons. The number of aryl methyl sites for hydroxylation is 1. The predicted molar refractivity (Wildman–Crippen MR) is 83.3 cm³/mol. The third-order valence-electron chi connectivity index (χ3n) is 2.68. The molecule has 1 heterocycles. The number of rotatable bonds is 4. The number of imidazole rings is 1. The first-order valence-corrected chi connectivity index (χ1v) is 8.43. The zero-order chi connectivity index (χ0) is 13.3. The summed E-state index contributed by atoms with van der Waals surface area (Å²) in [5.41, 5.74) is 1.54. The van der Waals surface area contributed by atoms with Crippen molar-refractivity contribution in [2.75, 3.05) is 11.5 Å². The van der Waals surface area contributed by atoms with Crippen LogP contribution < -0.4 is 0 Å². The van der Waals surface area contributed by atoms with Gasteiger partial charge in [0.15, 0.2) is 4.77 Å². The minimum Gasteiger partial charge on any atom is -0.331 e. The molecular formula is C11H12FIN2OS2. The molecule has 0 aliphatic rings. The average molecular weight is 398 g/mol. The summed E-state index contributed by atoms with van der Waals surface area (Å²) < 4.78 is 27.9. The number of aromatic amines is 1. The van der Waals surface area contributed by atoms with Crippen LogP contribution in [0.1, 0.15) is 6.92 Å². The summed E-state index contributed by atoms with van der Waals surface area (Å²) in [6.07, 6.45) is 0. The molecule has 1 atom stereocenters. The molecule has 7 heteroatoms. The first-order valence-electron chi connectivity index (χ1n) is 5.45. The van der Waals surface area contributed by atoms with E-state index >= 15 is 0 Å². The van der Waals surface area contributed by atoms with Gasteiger partial charge in [-0.2, -0.15) is 0 Å². The maximum Gasteiger partial charge on any atom is 0.178 e. The van der Waals surface area contributed by atoms with Crippen LogP contribution in [0.25, 0.3) is 11.0 Å². The van der Waals surface area contributed by atoms with Gasteiger partial charge in [-0.05, 0) is 40.9 Å². The molecule has 3 nitrogen and oxygen atoms in total. The molecule has 1 N–H and O–H groups in total. The molecule has 0 saturated heterocycles. The molecule has 2 aromatic rings. The smallest absolute Gasteiger partial charge is 0.178 e. The van der Waals surface area contributed by atoms with E-state index in [1.807, 2.05) is 29.5 Å². The van der Waals surface area contributed by atoms with E-state index in [4.69, 9.17) is 12.2 Å². The van der Waals surface area contributed by atoms with Gasteiger partial charge in [0, 0.05) is 34.9 Å². The largest absolute Gasteiger partial charge is 0.331 e. The molecule has 0 fully saturated rings. The Bertz CT molecular complexity index is 665. The van der Waals surface area contributed by atoms with Crippen molar-refractivity contribution < 1.29 is 8.60 Å². The monoisotopic (exact) mass is 398 g/mol. The molecule has 0 aliphatic carbocycles. The quantitative estimate of drug-likeness (QED) is 0.635. The normalized spacial score (nSPS) is 13.1. The fourth-order valence-electron chi connectivity index (χ4n) is 1.71. The molecule has 18 heavy (non-hydrogen) atoms. The molecule has 2 rings (SSSR count). The number of halogens is 2. The second-order valence-electron chi connectivity index (χ2n) is 3.80. The molecule has 1 aromatic carbocycles.